The third-order valence-electron chi connectivity index (χ3n) is 2.28. The second kappa shape index (κ2) is 5.43. The van der Waals surface area contributed by atoms with Crippen molar-refractivity contribution in [1.29, 1.82) is 0 Å². The van der Waals surface area contributed by atoms with Crippen LogP contribution in [0.5, 0.6) is 0 Å². The largest absolute Gasteiger partial charge is 0.0988 e. The van der Waals surface area contributed by atoms with Gasteiger partial charge in [0.2, 0.25) is 0 Å². The van der Waals surface area contributed by atoms with Gasteiger partial charge in [-0.2, -0.15) is 0 Å². The van der Waals surface area contributed by atoms with Crippen molar-refractivity contribution in [3.05, 3.63) is 60.2 Å². The predicted molar refractivity (Wildman–Crippen MR) is 63.5 cm³/mol. The Morgan fingerprint density at radius 2 is 1.79 bits per heavy atom. The molecule has 0 saturated carbocycles. The van der Waals surface area contributed by atoms with Crippen LogP contribution in [0.3, 0.4) is 0 Å². The van der Waals surface area contributed by atoms with Crippen LogP contribution in [0.2, 0.25) is 0 Å². The molecular weight excluding hydrogens is 168 g/mol. The Kier molecular flexibility index (Phi) is 4.18. The second-order valence-electron chi connectivity index (χ2n) is 3.61. The summed E-state index contributed by atoms with van der Waals surface area (Å²) in [5.74, 6) is 0. The summed E-state index contributed by atoms with van der Waals surface area (Å²) in [6, 6.07) is 8.77. The minimum Gasteiger partial charge on any atom is -0.0988 e. The van der Waals surface area contributed by atoms with Crippen LogP contribution in [0.4, 0.5) is 0 Å². The topological polar surface area (TPSA) is 0 Å². The van der Waals surface area contributed by atoms with E-state index in [1.54, 1.807) is 0 Å². The zero-order valence-electron chi connectivity index (χ0n) is 8.92. The molecule has 1 rings (SSSR count). The van der Waals surface area contributed by atoms with Crippen LogP contribution < -0.4 is 0 Å². The van der Waals surface area contributed by atoms with Crippen LogP contribution in [0.25, 0.3) is 0 Å². The van der Waals surface area contributed by atoms with E-state index in [1.807, 2.05) is 6.08 Å². The summed E-state index contributed by atoms with van der Waals surface area (Å²) in [5, 5.41) is 0. The molecule has 0 amide bonds. The van der Waals surface area contributed by atoms with Gasteiger partial charge in [0.15, 0.2) is 0 Å². The van der Waals surface area contributed by atoms with Crippen molar-refractivity contribution >= 4 is 0 Å². The first-order valence-electron chi connectivity index (χ1n) is 5.14. The van der Waals surface area contributed by atoms with E-state index in [0.29, 0.717) is 0 Å². The molecule has 14 heavy (non-hydrogen) atoms. The van der Waals surface area contributed by atoms with Gasteiger partial charge in [-0.25, -0.2) is 0 Å². The Morgan fingerprint density at radius 3 is 2.29 bits per heavy atom. The predicted octanol–water partition coefficient (Wildman–Crippen LogP) is 3.92. The van der Waals surface area contributed by atoms with Crippen LogP contribution in [0.1, 0.15) is 24.5 Å². The Balaban J connectivity index is 2.63. The van der Waals surface area contributed by atoms with Gasteiger partial charge in [-0.3, -0.25) is 0 Å². The van der Waals surface area contributed by atoms with Gasteiger partial charge < -0.3 is 0 Å². The van der Waals surface area contributed by atoms with Crippen molar-refractivity contribution < 1.29 is 0 Å². The normalized spacial score (nSPS) is 9.79. The fourth-order valence-electron chi connectivity index (χ4n) is 1.45. The summed E-state index contributed by atoms with van der Waals surface area (Å²) in [5.41, 5.74) is 3.81. The summed E-state index contributed by atoms with van der Waals surface area (Å²) in [6.45, 7) is 9.82. The van der Waals surface area contributed by atoms with E-state index in [1.165, 1.54) is 24.0 Å². The zero-order valence-corrected chi connectivity index (χ0v) is 8.92. The highest BCUT2D eigenvalue weighted by Gasteiger charge is 1.95. The van der Waals surface area contributed by atoms with Gasteiger partial charge in [-0.15, -0.1) is 0 Å². The molecule has 0 fully saturated rings. The molecule has 0 aliphatic rings. The first-order valence-corrected chi connectivity index (χ1v) is 5.14. The molecule has 1 aromatic rings. The van der Waals surface area contributed by atoms with Crippen LogP contribution in [-0.2, 0) is 12.8 Å². The summed E-state index contributed by atoms with van der Waals surface area (Å²) in [7, 11) is 0. The monoisotopic (exact) mass is 186 g/mol. The highest BCUT2D eigenvalue weighted by Crippen LogP contribution is 2.10. The lowest BCUT2D eigenvalue weighted by molar-refractivity contribution is 0.920. The van der Waals surface area contributed by atoms with E-state index in [4.69, 9.17) is 0 Å². The summed E-state index contributed by atoms with van der Waals surface area (Å²) >= 11 is 0. The zero-order chi connectivity index (χ0) is 10.4. The first kappa shape index (κ1) is 10.8. The maximum absolute atomic E-state index is 3.91. The van der Waals surface area contributed by atoms with E-state index in [9.17, 15) is 0 Å². The average Bonchev–Trinajstić information content (AvgIpc) is 2.21. The molecule has 0 bridgehead atoms. The molecule has 0 nitrogen and oxygen atoms in total. The van der Waals surface area contributed by atoms with Crippen LogP contribution in [0, 0.1) is 0 Å². The molecule has 0 spiro atoms. The van der Waals surface area contributed by atoms with Crippen molar-refractivity contribution in [2.45, 2.75) is 26.2 Å². The molecule has 0 radical (unpaired) electrons. The third-order valence-corrected chi connectivity index (χ3v) is 2.28. The molecule has 0 heterocycles. The Labute approximate surface area is 87.0 Å². The molecule has 0 unspecified atom stereocenters. The van der Waals surface area contributed by atoms with Crippen molar-refractivity contribution in [1.82, 2.24) is 0 Å². The lowest BCUT2D eigenvalue weighted by Gasteiger charge is -2.03. The number of hydrogen-bond donors (Lipinski definition) is 0. The minimum atomic E-state index is 0.913. The molecule has 0 N–H and O–H groups in total. The standard InChI is InChI=1S/C14H18/c1-4-6-13-7-9-14(10-8-13)11-12(3)5-2/h5,7-10H,2-4,6,11H2,1H3. The van der Waals surface area contributed by atoms with E-state index in [-0.39, 0.29) is 0 Å². The van der Waals surface area contributed by atoms with Crippen LogP contribution in [-0.4, -0.2) is 0 Å². The highest BCUT2D eigenvalue weighted by atomic mass is 14.0. The highest BCUT2D eigenvalue weighted by molar-refractivity contribution is 5.28. The molecule has 0 saturated heterocycles. The quantitative estimate of drug-likeness (QED) is 0.611. The Morgan fingerprint density at radius 1 is 1.21 bits per heavy atom. The van der Waals surface area contributed by atoms with Gasteiger partial charge in [0, 0.05) is 0 Å². The number of allylic oxidation sites excluding steroid dienone is 2. The van der Waals surface area contributed by atoms with Crippen LogP contribution in [0.15, 0.2) is 49.1 Å². The summed E-state index contributed by atoms with van der Waals surface area (Å²) in [6.07, 6.45) is 5.11. The molecule has 0 aliphatic carbocycles. The maximum Gasteiger partial charge on any atom is -0.00319 e. The SMILES string of the molecule is C=CC(=C)Cc1ccc(CCC)cc1. The van der Waals surface area contributed by atoms with E-state index in [2.05, 4.69) is 44.3 Å². The van der Waals surface area contributed by atoms with Crippen molar-refractivity contribution in [3.8, 4) is 0 Å². The number of benzene rings is 1. The second-order valence-corrected chi connectivity index (χ2v) is 3.61. The summed E-state index contributed by atoms with van der Waals surface area (Å²) < 4.78 is 0. The smallest absolute Gasteiger partial charge is 0.00319 e. The lowest BCUT2D eigenvalue weighted by Crippen LogP contribution is -1.88. The molecular formula is C14H18. The molecule has 74 valence electrons. The molecule has 0 heteroatoms. The van der Waals surface area contributed by atoms with E-state index >= 15 is 0 Å². The maximum atomic E-state index is 3.91. The van der Waals surface area contributed by atoms with Gasteiger partial charge in [0.1, 0.15) is 0 Å². The fourth-order valence-corrected chi connectivity index (χ4v) is 1.45. The van der Waals surface area contributed by atoms with Gasteiger partial charge in [0.05, 0.1) is 0 Å². The first-order chi connectivity index (χ1) is 6.76. The van der Waals surface area contributed by atoms with Gasteiger partial charge >= 0.3 is 0 Å². The van der Waals surface area contributed by atoms with Gasteiger partial charge in [0.25, 0.3) is 0 Å². The fraction of sp³-hybridized carbons (Fsp3) is 0.286. The molecule has 0 aliphatic heterocycles. The number of rotatable bonds is 5. The van der Waals surface area contributed by atoms with E-state index in [0.717, 1.165) is 12.0 Å². The average molecular weight is 186 g/mol. The lowest BCUT2D eigenvalue weighted by atomic mass is 10.0. The summed E-state index contributed by atoms with van der Waals surface area (Å²) in [4.78, 5) is 0. The third kappa shape index (κ3) is 3.21. The van der Waals surface area contributed by atoms with Gasteiger partial charge in [-0.1, -0.05) is 62.4 Å². The van der Waals surface area contributed by atoms with Crippen molar-refractivity contribution in [3.63, 3.8) is 0 Å². The molecule has 0 atom stereocenters. The number of hydrogen-bond acceptors (Lipinski definition) is 0. The van der Waals surface area contributed by atoms with Crippen LogP contribution >= 0.6 is 0 Å². The molecule has 0 aromatic heterocycles. The van der Waals surface area contributed by atoms with Crippen molar-refractivity contribution in [2.75, 3.05) is 0 Å². The Hall–Kier alpha value is -1.30. The Bertz CT molecular complexity index is 303. The number of aryl methyl sites for hydroxylation is 1. The van der Waals surface area contributed by atoms with E-state index < -0.39 is 0 Å². The van der Waals surface area contributed by atoms with Crippen molar-refractivity contribution in [2.24, 2.45) is 0 Å². The molecule has 1 aromatic carbocycles. The van der Waals surface area contributed by atoms with Gasteiger partial charge in [-0.05, 0) is 24.0 Å². The minimum absolute atomic E-state index is 0.913.